The van der Waals surface area contributed by atoms with Crippen LogP contribution in [0.15, 0.2) is 134 Å². The molecule has 5 aromatic carbocycles. The van der Waals surface area contributed by atoms with Gasteiger partial charge in [-0.05, 0) is 71.0 Å². The average molecular weight is 790 g/mol. The number of benzene rings is 5. The predicted octanol–water partition coefficient (Wildman–Crippen LogP) is 7.89. The van der Waals surface area contributed by atoms with Gasteiger partial charge < -0.3 is 24.2 Å². The fourth-order valence-corrected chi connectivity index (χ4v) is 9.67. The number of hydrogen-bond acceptors (Lipinski definition) is 8. The topological polar surface area (TPSA) is 119 Å². The fourth-order valence-electron chi connectivity index (χ4n) is 9.67. The van der Waals surface area contributed by atoms with Gasteiger partial charge in [0.1, 0.15) is 23.3 Å². The largest absolute Gasteiger partial charge is 0.497 e. The van der Waals surface area contributed by atoms with Gasteiger partial charge in [-0.3, -0.25) is 19.2 Å². The minimum Gasteiger partial charge on any atom is -0.497 e. The molecule has 0 unspecified atom stereocenters. The molecular weight excluding hydrogens is 743 g/mol. The number of methoxy groups -OCH3 is 1. The first-order valence-electron chi connectivity index (χ1n) is 20.1. The van der Waals surface area contributed by atoms with E-state index in [1.807, 2.05) is 120 Å². The zero-order valence-corrected chi connectivity index (χ0v) is 33.6. The van der Waals surface area contributed by atoms with Crippen molar-refractivity contribution in [2.75, 3.05) is 23.5 Å². The zero-order chi connectivity index (χ0) is 40.9. The lowest BCUT2D eigenvalue weighted by Crippen LogP contribution is -2.45. The second-order valence-corrected chi connectivity index (χ2v) is 16.2. The number of para-hydroxylation sites is 3. The lowest BCUT2D eigenvalue weighted by Gasteiger charge is -2.38. The third-order valence-corrected chi connectivity index (χ3v) is 12.6. The Bertz CT molecular complexity index is 2500. The van der Waals surface area contributed by atoms with Crippen molar-refractivity contribution in [2.24, 2.45) is 11.8 Å². The summed E-state index contributed by atoms with van der Waals surface area (Å²) < 4.78 is 20.3. The van der Waals surface area contributed by atoms with Gasteiger partial charge in [0.2, 0.25) is 0 Å². The average Bonchev–Trinajstić information content (AvgIpc) is 3.93. The van der Waals surface area contributed by atoms with Crippen LogP contribution in [0.5, 0.6) is 11.5 Å². The molecule has 3 aliphatic heterocycles. The molecule has 1 saturated heterocycles. The highest BCUT2D eigenvalue weighted by molar-refractivity contribution is 6.08. The highest BCUT2D eigenvalue weighted by Gasteiger charge is 2.65. The van der Waals surface area contributed by atoms with Crippen molar-refractivity contribution in [2.45, 2.75) is 63.5 Å². The van der Waals surface area contributed by atoms with Crippen molar-refractivity contribution < 1.29 is 28.9 Å². The Kier molecular flexibility index (Phi) is 9.81. The van der Waals surface area contributed by atoms with Gasteiger partial charge in [0, 0.05) is 29.6 Å². The van der Waals surface area contributed by atoms with Crippen LogP contribution in [0, 0.1) is 11.8 Å². The second-order valence-electron chi connectivity index (χ2n) is 16.2. The van der Waals surface area contributed by atoms with E-state index in [1.54, 1.807) is 22.9 Å². The van der Waals surface area contributed by atoms with Gasteiger partial charge >= 0.3 is 0 Å². The van der Waals surface area contributed by atoms with Crippen molar-refractivity contribution in [1.82, 2.24) is 15.0 Å². The molecule has 1 N–H and O–H groups in total. The van der Waals surface area contributed by atoms with E-state index < -0.39 is 17.1 Å². The van der Waals surface area contributed by atoms with Gasteiger partial charge in [-0.25, -0.2) is 0 Å². The molecule has 1 fully saturated rings. The van der Waals surface area contributed by atoms with E-state index in [0.717, 1.165) is 33.7 Å². The van der Waals surface area contributed by atoms with Gasteiger partial charge in [0.25, 0.3) is 11.8 Å². The molecule has 1 spiro atoms. The smallest absolute Gasteiger partial charge is 0.269 e. The third kappa shape index (κ3) is 6.54. The summed E-state index contributed by atoms with van der Waals surface area (Å²) >= 11 is 0. The lowest BCUT2D eigenvalue weighted by molar-refractivity contribution is -0.146. The van der Waals surface area contributed by atoms with Crippen molar-refractivity contribution in [3.63, 3.8) is 0 Å². The first kappa shape index (κ1) is 38.2. The van der Waals surface area contributed by atoms with Crippen molar-refractivity contribution >= 4 is 28.9 Å². The summed E-state index contributed by atoms with van der Waals surface area (Å²) in [6.07, 6.45) is 1.07. The number of amides is 2. The summed E-state index contributed by atoms with van der Waals surface area (Å²) in [4.78, 5) is 32.1. The molecule has 300 valence electrons. The monoisotopic (exact) mass is 789 g/mol. The Morgan fingerprint density at radius 3 is 2.41 bits per heavy atom. The number of rotatable bonds is 11. The Balaban J connectivity index is 1.05. The molecule has 1 aromatic heterocycles. The number of aliphatic hydroxyl groups is 1. The Labute approximate surface area is 343 Å². The molecule has 3 aliphatic rings. The van der Waals surface area contributed by atoms with Crippen LogP contribution in [-0.4, -0.2) is 51.7 Å². The molecule has 11 heteroatoms. The molecular formula is C48H47N5O6. The second kappa shape index (κ2) is 15.1. The van der Waals surface area contributed by atoms with E-state index in [2.05, 4.69) is 43.2 Å². The van der Waals surface area contributed by atoms with E-state index in [-0.39, 0.29) is 42.9 Å². The minimum atomic E-state index is -1.26. The van der Waals surface area contributed by atoms with E-state index in [0.29, 0.717) is 35.8 Å². The molecule has 6 aromatic rings. The number of aryl methyl sites for hydroxylation is 1. The maximum Gasteiger partial charge on any atom is 0.269 e. The SMILES string of the molecule is COc1ccc(C(C)(C)[C@@H]2[C@@H](CCn3cc([C@H](O)c4ccccc4)nn3)O[C@]3(C(=O)N(Cc4cccc(N5C(=O)COc6ccccc65)c4)c4ccccc43)[C@H]2C)cc1. The normalized spacial score (nSPS) is 21.7. The predicted molar refractivity (Wildman–Crippen MR) is 224 cm³/mol. The van der Waals surface area contributed by atoms with Crippen LogP contribution in [-0.2, 0) is 38.4 Å². The molecule has 9 rings (SSSR count). The van der Waals surface area contributed by atoms with Crippen molar-refractivity contribution in [1.29, 1.82) is 0 Å². The summed E-state index contributed by atoms with van der Waals surface area (Å²) in [6, 6.07) is 40.8. The quantitative estimate of drug-likeness (QED) is 0.141. The molecule has 4 heterocycles. The van der Waals surface area contributed by atoms with Crippen LogP contribution < -0.4 is 19.3 Å². The first-order valence-corrected chi connectivity index (χ1v) is 20.1. The number of ether oxygens (including phenoxy) is 3. The molecule has 0 saturated carbocycles. The lowest BCUT2D eigenvalue weighted by atomic mass is 9.63. The molecule has 5 atom stereocenters. The van der Waals surface area contributed by atoms with Crippen LogP contribution in [0.3, 0.4) is 0 Å². The number of anilines is 3. The number of hydrogen-bond donors (Lipinski definition) is 1. The number of nitrogens with zero attached hydrogens (tertiary/aromatic N) is 5. The van der Waals surface area contributed by atoms with Crippen LogP contribution in [0.1, 0.15) is 61.2 Å². The summed E-state index contributed by atoms with van der Waals surface area (Å²) in [6.45, 7) is 7.31. The van der Waals surface area contributed by atoms with Gasteiger partial charge in [0.15, 0.2) is 12.2 Å². The highest BCUT2D eigenvalue weighted by atomic mass is 16.5. The number of carbonyl (C=O) groups is 2. The maximum atomic E-state index is 15.4. The number of fused-ring (bicyclic) bond motifs is 3. The van der Waals surface area contributed by atoms with Gasteiger partial charge in [0.05, 0.1) is 37.3 Å². The van der Waals surface area contributed by atoms with Gasteiger partial charge in [-0.15, -0.1) is 5.10 Å². The van der Waals surface area contributed by atoms with E-state index in [4.69, 9.17) is 14.2 Å². The van der Waals surface area contributed by atoms with Crippen LogP contribution in [0.2, 0.25) is 0 Å². The summed E-state index contributed by atoms with van der Waals surface area (Å²) in [5, 5.41) is 19.8. The van der Waals surface area contributed by atoms with Crippen molar-refractivity contribution in [3.05, 3.63) is 162 Å². The van der Waals surface area contributed by atoms with Crippen LogP contribution in [0.25, 0.3) is 0 Å². The zero-order valence-electron chi connectivity index (χ0n) is 33.6. The summed E-state index contributed by atoms with van der Waals surface area (Å²) in [7, 11) is 1.66. The maximum absolute atomic E-state index is 15.4. The Morgan fingerprint density at radius 2 is 1.63 bits per heavy atom. The van der Waals surface area contributed by atoms with E-state index >= 15 is 4.79 Å². The summed E-state index contributed by atoms with van der Waals surface area (Å²) in [5.41, 5.74) is 4.53. The molecule has 0 radical (unpaired) electrons. The van der Waals surface area contributed by atoms with Gasteiger partial charge in [-0.1, -0.05) is 111 Å². The standard InChI is InChI=1S/C48H47N5O6/c1-31-44(47(2,3)34-21-23-36(57-4)24-22-34)42(25-26-51-29-38(49-50-51)45(55)33-14-6-5-7-15-33)59-48(31)37-17-8-9-18-39(37)52(46(48)56)28-32-13-12-16-35(27-32)53-40-19-10-11-20-41(40)58-30-43(53)54/h5-24,27,29,31,42,44-45,55H,25-26,28,30H2,1-4H3/t31-,42+,44-,45+,48+/m0/s1. The number of aliphatic hydroxyl groups excluding tert-OH is 1. The van der Waals surface area contributed by atoms with E-state index in [9.17, 15) is 9.90 Å². The molecule has 0 aliphatic carbocycles. The molecule has 59 heavy (non-hydrogen) atoms. The Morgan fingerprint density at radius 1 is 0.898 bits per heavy atom. The number of aromatic nitrogens is 3. The fraction of sp³-hybridized carbons (Fsp3) is 0.292. The molecule has 0 bridgehead atoms. The van der Waals surface area contributed by atoms with Crippen LogP contribution >= 0.6 is 0 Å². The third-order valence-electron chi connectivity index (χ3n) is 12.6. The summed E-state index contributed by atoms with van der Waals surface area (Å²) in [5.74, 6) is 0.781. The van der Waals surface area contributed by atoms with Crippen LogP contribution in [0.4, 0.5) is 17.1 Å². The molecule has 2 amide bonds. The Hall–Kier alpha value is -6.30. The van der Waals surface area contributed by atoms with Crippen molar-refractivity contribution in [3.8, 4) is 11.5 Å². The molecule has 11 nitrogen and oxygen atoms in total. The highest BCUT2D eigenvalue weighted by Crippen LogP contribution is 2.60. The van der Waals surface area contributed by atoms with E-state index in [1.165, 1.54) is 0 Å². The minimum absolute atomic E-state index is 0.0557. The first-order chi connectivity index (χ1) is 28.6. The number of carbonyl (C=O) groups excluding carboxylic acids is 2. The van der Waals surface area contributed by atoms with Gasteiger partial charge in [-0.2, -0.15) is 0 Å².